The fourth-order valence-corrected chi connectivity index (χ4v) is 5.11. The molecule has 37 heavy (non-hydrogen) atoms. The molecule has 0 radical (unpaired) electrons. The Balaban J connectivity index is 1.73. The molecule has 1 aliphatic carbocycles. The molecule has 1 unspecified atom stereocenters. The predicted octanol–water partition coefficient (Wildman–Crippen LogP) is 5.30. The Morgan fingerprint density at radius 3 is 2.32 bits per heavy atom. The fraction of sp³-hybridized carbons (Fsp3) is 0.517. The molecule has 1 saturated carbocycles. The highest BCUT2D eigenvalue weighted by Crippen LogP contribution is 2.25. The van der Waals surface area contributed by atoms with Gasteiger partial charge in [0.2, 0.25) is 5.91 Å². The smallest absolute Gasteiger partial charge is 0.407 e. The molecular weight excluding hydrogens is 475 g/mol. The van der Waals surface area contributed by atoms with E-state index in [4.69, 9.17) is 9.47 Å². The first kappa shape index (κ1) is 28.6. The number of carbonyl (C=O) groups is 2. The lowest BCUT2D eigenvalue weighted by Crippen LogP contribution is -2.47. The maximum absolute atomic E-state index is 14.0. The van der Waals surface area contributed by atoms with Crippen molar-refractivity contribution in [1.82, 2.24) is 9.80 Å². The summed E-state index contributed by atoms with van der Waals surface area (Å²) in [6.45, 7) is 0.523. The summed E-state index contributed by atoms with van der Waals surface area (Å²) in [7, 11) is 3.09. The number of rotatable bonds is 13. The van der Waals surface area contributed by atoms with E-state index in [1.165, 1.54) is 17.0 Å². The van der Waals surface area contributed by atoms with Crippen LogP contribution in [0, 0.1) is 5.82 Å². The Kier molecular flexibility index (Phi) is 11.4. The Hall–Kier alpha value is -2.97. The third-order valence-electron chi connectivity index (χ3n) is 7.16. The first-order valence-electron chi connectivity index (χ1n) is 13.0. The van der Waals surface area contributed by atoms with Crippen LogP contribution in [0.4, 0.5) is 9.18 Å². The molecule has 2 aromatic carbocycles. The molecular formula is C29H39FN2O5. The molecule has 2 aromatic rings. The van der Waals surface area contributed by atoms with Crippen LogP contribution < -0.4 is 0 Å². The summed E-state index contributed by atoms with van der Waals surface area (Å²) in [6, 6.07) is 16.1. The van der Waals surface area contributed by atoms with Crippen molar-refractivity contribution in [3.63, 3.8) is 0 Å². The van der Waals surface area contributed by atoms with E-state index in [1.807, 2.05) is 41.3 Å². The van der Waals surface area contributed by atoms with Crippen molar-refractivity contribution in [2.75, 3.05) is 33.9 Å². The van der Waals surface area contributed by atoms with E-state index in [0.29, 0.717) is 13.0 Å². The first-order valence-corrected chi connectivity index (χ1v) is 13.0. The zero-order chi connectivity index (χ0) is 26.6. The molecule has 0 aromatic heterocycles. The van der Waals surface area contributed by atoms with Crippen LogP contribution in [0.1, 0.15) is 55.6 Å². The highest BCUT2D eigenvalue weighted by atomic mass is 19.1. The number of ether oxygens (including phenoxy) is 2. The van der Waals surface area contributed by atoms with Crippen molar-refractivity contribution >= 4 is 12.0 Å². The largest absolute Gasteiger partial charge is 0.465 e. The lowest BCUT2D eigenvalue weighted by Gasteiger charge is -2.36. The standard InChI is InChI=1S/C29H39FN2O5/c1-36-28(37-2)21-32(26-14-7-4-8-15-26)27(33)16-17-31(29(34)35)20-24(18-22-10-5-3-6-11-22)23-12-9-13-25(30)19-23/h3,5-6,9-13,19,24,26,28H,4,7-8,14-18,20-21H2,1-2H3,(H,34,35). The molecule has 202 valence electrons. The lowest BCUT2D eigenvalue weighted by atomic mass is 9.91. The van der Waals surface area contributed by atoms with Crippen LogP contribution in [0.2, 0.25) is 0 Å². The number of benzene rings is 2. The van der Waals surface area contributed by atoms with E-state index in [1.54, 1.807) is 20.3 Å². The minimum absolute atomic E-state index is 0.0582. The van der Waals surface area contributed by atoms with E-state index in [9.17, 15) is 19.1 Å². The van der Waals surface area contributed by atoms with Gasteiger partial charge in [0.25, 0.3) is 0 Å². The highest BCUT2D eigenvalue weighted by Gasteiger charge is 2.29. The second-order valence-electron chi connectivity index (χ2n) is 9.66. The highest BCUT2D eigenvalue weighted by molar-refractivity contribution is 5.77. The molecule has 0 bridgehead atoms. The topological polar surface area (TPSA) is 79.3 Å². The Bertz CT molecular complexity index is 979. The Morgan fingerprint density at radius 1 is 1.00 bits per heavy atom. The number of halogens is 1. The second-order valence-corrected chi connectivity index (χ2v) is 9.66. The minimum atomic E-state index is -1.10. The summed E-state index contributed by atoms with van der Waals surface area (Å²) in [5, 5.41) is 10.00. The van der Waals surface area contributed by atoms with Gasteiger partial charge in [-0.25, -0.2) is 9.18 Å². The average Bonchev–Trinajstić information content (AvgIpc) is 2.91. The van der Waals surface area contributed by atoms with Gasteiger partial charge < -0.3 is 24.4 Å². The first-order chi connectivity index (χ1) is 17.9. The Labute approximate surface area is 219 Å². The molecule has 0 aliphatic heterocycles. The summed E-state index contributed by atoms with van der Waals surface area (Å²) < 4.78 is 24.7. The maximum Gasteiger partial charge on any atom is 0.407 e. The number of hydrogen-bond acceptors (Lipinski definition) is 4. The van der Waals surface area contributed by atoms with E-state index in [0.717, 1.165) is 43.2 Å². The molecule has 1 fully saturated rings. The van der Waals surface area contributed by atoms with Gasteiger partial charge in [0.05, 0.1) is 6.54 Å². The van der Waals surface area contributed by atoms with Crippen molar-refractivity contribution < 1.29 is 28.6 Å². The summed E-state index contributed by atoms with van der Waals surface area (Å²) in [6.07, 6.45) is 4.11. The third kappa shape index (κ3) is 8.83. The van der Waals surface area contributed by atoms with E-state index < -0.39 is 12.4 Å². The van der Waals surface area contributed by atoms with Gasteiger partial charge in [-0.1, -0.05) is 61.7 Å². The average molecular weight is 515 g/mol. The fourth-order valence-electron chi connectivity index (χ4n) is 5.11. The molecule has 0 heterocycles. The van der Waals surface area contributed by atoms with Crippen LogP contribution in [0.25, 0.3) is 0 Å². The quantitative estimate of drug-likeness (QED) is 0.367. The summed E-state index contributed by atoms with van der Waals surface area (Å²) >= 11 is 0. The van der Waals surface area contributed by atoms with Crippen molar-refractivity contribution in [3.05, 3.63) is 71.5 Å². The van der Waals surface area contributed by atoms with Crippen molar-refractivity contribution in [1.29, 1.82) is 0 Å². The van der Waals surface area contributed by atoms with Gasteiger partial charge in [-0.2, -0.15) is 0 Å². The van der Waals surface area contributed by atoms with Crippen LogP contribution in [-0.2, 0) is 20.7 Å². The molecule has 2 amide bonds. The number of amides is 2. The molecule has 8 heteroatoms. The number of carboxylic acid groups (broad SMARTS) is 1. The van der Waals surface area contributed by atoms with Crippen LogP contribution in [-0.4, -0.2) is 73.1 Å². The number of hydrogen-bond donors (Lipinski definition) is 1. The minimum Gasteiger partial charge on any atom is -0.465 e. The van der Waals surface area contributed by atoms with Crippen LogP contribution in [0.3, 0.4) is 0 Å². The van der Waals surface area contributed by atoms with Gasteiger partial charge in [0.15, 0.2) is 6.29 Å². The zero-order valence-electron chi connectivity index (χ0n) is 21.9. The van der Waals surface area contributed by atoms with Crippen LogP contribution in [0.5, 0.6) is 0 Å². The van der Waals surface area contributed by atoms with Crippen molar-refractivity contribution in [3.8, 4) is 0 Å². The van der Waals surface area contributed by atoms with E-state index in [-0.39, 0.29) is 43.2 Å². The number of methoxy groups -OCH3 is 2. The molecule has 1 aliphatic rings. The Morgan fingerprint density at radius 2 is 1.70 bits per heavy atom. The summed E-state index contributed by atoms with van der Waals surface area (Å²) in [4.78, 5) is 28.7. The molecule has 3 rings (SSSR count). The molecule has 1 N–H and O–H groups in total. The van der Waals surface area contributed by atoms with Gasteiger partial charge in [0.1, 0.15) is 5.82 Å². The van der Waals surface area contributed by atoms with Gasteiger partial charge in [-0.3, -0.25) is 4.79 Å². The third-order valence-corrected chi connectivity index (χ3v) is 7.16. The maximum atomic E-state index is 14.0. The summed E-state index contributed by atoms with van der Waals surface area (Å²) in [5.74, 6) is -0.727. The predicted molar refractivity (Wildman–Crippen MR) is 140 cm³/mol. The lowest BCUT2D eigenvalue weighted by molar-refractivity contribution is -0.150. The number of carbonyl (C=O) groups excluding carboxylic acids is 1. The van der Waals surface area contributed by atoms with Gasteiger partial charge in [-0.05, 0) is 42.5 Å². The molecule has 0 saturated heterocycles. The molecule has 1 atom stereocenters. The van der Waals surface area contributed by atoms with Gasteiger partial charge in [0, 0.05) is 45.7 Å². The SMILES string of the molecule is COC(CN(C(=O)CCN(CC(Cc1ccccc1)c1cccc(F)c1)C(=O)O)C1CCCCC1)OC. The van der Waals surface area contributed by atoms with Gasteiger partial charge in [-0.15, -0.1) is 0 Å². The monoisotopic (exact) mass is 514 g/mol. The normalized spacial score (nSPS) is 14.9. The molecule has 7 nitrogen and oxygen atoms in total. The van der Waals surface area contributed by atoms with Crippen molar-refractivity contribution in [2.45, 2.75) is 63.2 Å². The number of nitrogens with zero attached hydrogens (tertiary/aromatic N) is 2. The molecule has 0 spiro atoms. The second kappa shape index (κ2) is 14.7. The van der Waals surface area contributed by atoms with E-state index >= 15 is 0 Å². The van der Waals surface area contributed by atoms with Crippen molar-refractivity contribution in [2.24, 2.45) is 0 Å². The van der Waals surface area contributed by atoms with Crippen LogP contribution in [0.15, 0.2) is 54.6 Å². The van der Waals surface area contributed by atoms with E-state index in [2.05, 4.69) is 0 Å². The van der Waals surface area contributed by atoms with Crippen LogP contribution >= 0.6 is 0 Å². The van der Waals surface area contributed by atoms with Gasteiger partial charge >= 0.3 is 6.09 Å². The summed E-state index contributed by atoms with van der Waals surface area (Å²) in [5.41, 5.74) is 1.76. The zero-order valence-corrected chi connectivity index (χ0v) is 21.9.